The molecule has 1 aromatic heterocycles. The molecule has 0 fully saturated rings. The van der Waals surface area contributed by atoms with Gasteiger partial charge in [0.2, 0.25) is 5.78 Å². The first-order chi connectivity index (χ1) is 12.0. The van der Waals surface area contributed by atoms with Crippen LogP contribution in [0, 0.1) is 17.0 Å². The molecule has 0 spiro atoms. The number of rotatable bonds is 5. The van der Waals surface area contributed by atoms with Gasteiger partial charge >= 0.3 is 0 Å². The second kappa shape index (κ2) is 7.00. The lowest BCUT2D eigenvalue weighted by Gasteiger charge is -2.02. The molecule has 2 aromatic carbocycles. The fraction of sp³-hybridized carbons (Fsp3) is 0.105. The monoisotopic (exact) mass is 334 g/mol. The number of hydrogen-bond acceptors (Lipinski definition) is 4. The number of nitrogens with zero attached hydrogens (tertiary/aromatic N) is 3. The van der Waals surface area contributed by atoms with Gasteiger partial charge in [-0.25, -0.2) is 4.57 Å². The van der Waals surface area contributed by atoms with Crippen LogP contribution in [0.4, 0.5) is 5.69 Å². The Morgan fingerprint density at radius 1 is 1.16 bits per heavy atom. The molecule has 6 nitrogen and oxygen atoms in total. The fourth-order valence-corrected chi connectivity index (χ4v) is 2.57. The summed E-state index contributed by atoms with van der Waals surface area (Å²) in [7, 11) is 0. The predicted octanol–water partition coefficient (Wildman–Crippen LogP) is 3.14. The van der Waals surface area contributed by atoms with Crippen molar-refractivity contribution in [2.24, 2.45) is 0 Å². The SMILES string of the molecule is Cc1cccc(-c2cc[n+](CC(=O)c3ccccc3[N+](=O)[O-])cn2)c1. The third-order valence-corrected chi connectivity index (χ3v) is 3.81. The summed E-state index contributed by atoms with van der Waals surface area (Å²) in [6.07, 6.45) is 3.31. The summed E-state index contributed by atoms with van der Waals surface area (Å²) in [5.41, 5.74) is 2.86. The van der Waals surface area contributed by atoms with Gasteiger partial charge in [-0.3, -0.25) is 14.9 Å². The Labute approximate surface area is 144 Å². The van der Waals surface area contributed by atoms with Crippen LogP contribution in [0.1, 0.15) is 15.9 Å². The molecule has 3 rings (SSSR count). The predicted molar refractivity (Wildman–Crippen MR) is 92.0 cm³/mol. The topological polar surface area (TPSA) is 77.0 Å². The molecule has 0 saturated carbocycles. The molecular weight excluding hydrogens is 318 g/mol. The van der Waals surface area contributed by atoms with Gasteiger partial charge < -0.3 is 0 Å². The molecule has 6 heteroatoms. The van der Waals surface area contributed by atoms with Crippen molar-refractivity contribution in [3.05, 3.63) is 88.4 Å². The number of hydrogen-bond donors (Lipinski definition) is 0. The van der Waals surface area contributed by atoms with E-state index in [1.54, 1.807) is 29.2 Å². The van der Waals surface area contributed by atoms with Crippen LogP contribution in [0.15, 0.2) is 67.1 Å². The third kappa shape index (κ3) is 3.74. The summed E-state index contributed by atoms with van der Waals surface area (Å²) in [5, 5.41) is 11.0. The summed E-state index contributed by atoms with van der Waals surface area (Å²) in [6, 6.07) is 15.8. The minimum atomic E-state index is -0.545. The van der Waals surface area contributed by atoms with Crippen molar-refractivity contribution in [3.63, 3.8) is 0 Å². The molecule has 0 unspecified atom stereocenters. The summed E-state index contributed by atoms with van der Waals surface area (Å²) in [6.45, 7) is 2.00. The van der Waals surface area contributed by atoms with Gasteiger partial charge in [0.15, 0.2) is 12.2 Å². The first-order valence-electron chi connectivity index (χ1n) is 7.73. The largest absolute Gasteiger partial charge is 0.289 e. The van der Waals surface area contributed by atoms with E-state index in [9.17, 15) is 14.9 Å². The van der Waals surface area contributed by atoms with Gasteiger partial charge in [-0.1, -0.05) is 35.9 Å². The Morgan fingerprint density at radius 3 is 2.64 bits per heavy atom. The van der Waals surface area contributed by atoms with E-state index in [1.165, 1.54) is 12.1 Å². The van der Waals surface area contributed by atoms with Crippen LogP contribution in [-0.4, -0.2) is 15.7 Å². The summed E-state index contributed by atoms with van der Waals surface area (Å²) < 4.78 is 1.61. The molecule has 1 heterocycles. The van der Waals surface area contributed by atoms with E-state index in [0.717, 1.165) is 16.8 Å². The highest BCUT2D eigenvalue weighted by atomic mass is 16.6. The van der Waals surface area contributed by atoms with Crippen LogP contribution >= 0.6 is 0 Å². The van der Waals surface area contributed by atoms with Crippen LogP contribution in [0.5, 0.6) is 0 Å². The van der Waals surface area contributed by atoms with Crippen LogP contribution < -0.4 is 4.57 Å². The molecule has 0 aliphatic carbocycles. The quantitative estimate of drug-likeness (QED) is 0.311. The Balaban J connectivity index is 1.80. The highest BCUT2D eigenvalue weighted by Crippen LogP contribution is 2.18. The van der Waals surface area contributed by atoms with Gasteiger partial charge in [-0.2, -0.15) is 0 Å². The second-order valence-electron chi connectivity index (χ2n) is 5.68. The maximum Gasteiger partial charge on any atom is 0.287 e. The van der Waals surface area contributed by atoms with E-state index in [-0.39, 0.29) is 23.6 Å². The lowest BCUT2D eigenvalue weighted by atomic mass is 10.1. The van der Waals surface area contributed by atoms with Crippen LogP contribution in [0.2, 0.25) is 0 Å². The van der Waals surface area contributed by atoms with E-state index in [0.29, 0.717) is 0 Å². The number of carbonyl (C=O) groups excluding carboxylic acids is 1. The van der Waals surface area contributed by atoms with Crippen LogP contribution in [-0.2, 0) is 6.54 Å². The average molecular weight is 334 g/mol. The molecule has 0 bridgehead atoms. The van der Waals surface area contributed by atoms with Gasteiger partial charge in [0.05, 0.1) is 16.7 Å². The molecule has 0 atom stereocenters. The Kier molecular flexibility index (Phi) is 4.61. The van der Waals surface area contributed by atoms with E-state index in [2.05, 4.69) is 4.98 Å². The molecule has 124 valence electrons. The van der Waals surface area contributed by atoms with Crippen molar-refractivity contribution in [3.8, 4) is 11.3 Å². The molecule has 3 aromatic rings. The van der Waals surface area contributed by atoms with E-state index >= 15 is 0 Å². The van der Waals surface area contributed by atoms with Crippen molar-refractivity contribution in [1.29, 1.82) is 0 Å². The van der Waals surface area contributed by atoms with Crippen molar-refractivity contribution >= 4 is 11.5 Å². The maximum atomic E-state index is 12.4. The summed E-state index contributed by atoms with van der Waals surface area (Å²) in [4.78, 5) is 27.3. The maximum absolute atomic E-state index is 12.4. The first kappa shape index (κ1) is 16.4. The molecular formula is C19H16N3O3+. The lowest BCUT2D eigenvalue weighted by Crippen LogP contribution is -2.37. The first-order valence-corrected chi connectivity index (χ1v) is 7.73. The third-order valence-electron chi connectivity index (χ3n) is 3.81. The molecule has 0 saturated heterocycles. The molecule has 0 radical (unpaired) electrons. The summed E-state index contributed by atoms with van der Waals surface area (Å²) >= 11 is 0. The highest BCUT2D eigenvalue weighted by Gasteiger charge is 2.21. The smallest absolute Gasteiger partial charge is 0.287 e. The standard InChI is InChI=1S/C19H16N3O3/c1-14-5-4-6-15(11-14)17-9-10-21(13-20-17)12-19(23)16-7-2-3-8-18(16)22(24)25/h2-11,13H,12H2,1H3/q+1. The molecule has 0 amide bonds. The molecule has 0 N–H and O–H groups in total. The van der Waals surface area contributed by atoms with Crippen LogP contribution in [0.25, 0.3) is 11.3 Å². The van der Waals surface area contributed by atoms with Crippen molar-refractivity contribution in [2.75, 3.05) is 0 Å². The van der Waals surface area contributed by atoms with Crippen LogP contribution in [0.3, 0.4) is 0 Å². The number of aromatic nitrogens is 2. The second-order valence-corrected chi connectivity index (χ2v) is 5.68. The fourth-order valence-electron chi connectivity index (χ4n) is 2.57. The zero-order valence-corrected chi connectivity index (χ0v) is 13.6. The van der Waals surface area contributed by atoms with E-state index in [1.807, 2.05) is 37.3 Å². The molecule has 25 heavy (non-hydrogen) atoms. The Bertz CT molecular complexity index is 937. The Morgan fingerprint density at radius 2 is 1.96 bits per heavy atom. The van der Waals surface area contributed by atoms with Gasteiger partial charge in [0.1, 0.15) is 0 Å². The van der Waals surface area contributed by atoms with Crippen molar-refractivity contribution in [2.45, 2.75) is 13.5 Å². The number of para-hydroxylation sites is 1. The number of benzene rings is 2. The van der Waals surface area contributed by atoms with E-state index < -0.39 is 4.92 Å². The lowest BCUT2D eigenvalue weighted by molar-refractivity contribution is -0.686. The Hall–Kier alpha value is -3.41. The van der Waals surface area contributed by atoms with Crippen molar-refractivity contribution < 1.29 is 14.3 Å². The van der Waals surface area contributed by atoms with Gasteiger partial charge in [0.25, 0.3) is 12.0 Å². The van der Waals surface area contributed by atoms with Gasteiger partial charge in [-0.05, 0) is 24.0 Å². The summed E-state index contributed by atoms with van der Waals surface area (Å²) in [5.74, 6) is -0.331. The highest BCUT2D eigenvalue weighted by molar-refractivity contribution is 5.98. The zero-order chi connectivity index (χ0) is 17.8. The molecule has 0 aliphatic heterocycles. The van der Waals surface area contributed by atoms with Gasteiger partial charge in [-0.15, -0.1) is 0 Å². The van der Waals surface area contributed by atoms with Crippen molar-refractivity contribution in [1.82, 2.24) is 4.98 Å². The number of nitro benzene ring substituents is 1. The zero-order valence-electron chi connectivity index (χ0n) is 13.6. The minimum Gasteiger partial charge on any atom is -0.289 e. The minimum absolute atomic E-state index is 0.00799. The molecule has 0 aliphatic rings. The van der Waals surface area contributed by atoms with E-state index in [4.69, 9.17) is 0 Å². The normalized spacial score (nSPS) is 10.4. The number of carbonyl (C=O) groups is 1. The number of Topliss-reactive ketones (excluding diaryl/α,β-unsaturated/α-hetero) is 1. The number of nitro groups is 1. The number of ketones is 1. The average Bonchev–Trinajstić information content (AvgIpc) is 2.62. The van der Waals surface area contributed by atoms with Gasteiger partial charge in [0, 0.05) is 17.7 Å². The number of aryl methyl sites for hydroxylation is 1.